The molecule has 246 valence electrons. The van der Waals surface area contributed by atoms with Crippen molar-refractivity contribution >= 4 is 48.6 Å². The summed E-state index contributed by atoms with van der Waals surface area (Å²) in [4.78, 5) is 1.06. The third kappa shape index (κ3) is 4.83. The number of benzene rings is 8. The molecule has 1 heterocycles. The summed E-state index contributed by atoms with van der Waals surface area (Å²) in [6.45, 7) is 1.41. The minimum absolute atomic E-state index is 0.0207. The van der Waals surface area contributed by atoms with E-state index in [0.29, 0.717) is 0 Å². The fourth-order valence-electron chi connectivity index (χ4n) is 6.56. The van der Waals surface area contributed by atoms with Crippen LogP contribution in [-0.2, 0) is 5.41 Å². The lowest BCUT2D eigenvalue weighted by Gasteiger charge is -2.29. The highest BCUT2D eigenvalue weighted by molar-refractivity contribution is 7.26. The molecule has 0 spiro atoms. The summed E-state index contributed by atoms with van der Waals surface area (Å²) in [6.07, 6.45) is 0. The first kappa shape index (κ1) is 14.1. The Kier molecular flexibility index (Phi) is 3.31. The Morgan fingerprint density at radius 3 is 1.60 bits per heavy atom. The quantitative estimate of drug-likeness (QED) is 0.166. The molecule has 0 bridgehead atoms. The molecule has 0 unspecified atom stereocenters. The Morgan fingerprint density at radius 2 is 0.981 bits per heavy atom. The van der Waals surface area contributed by atoms with Crippen LogP contribution in [0.3, 0.4) is 0 Å². The number of hydrogen-bond donors (Lipinski definition) is 0. The van der Waals surface area contributed by atoms with Gasteiger partial charge in [0.15, 0.2) is 0 Å². The van der Waals surface area contributed by atoms with Crippen molar-refractivity contribution in [3.05, 3.63) is 210 Å². The topological polar surface area (TPSA) is 3.24 Å². The van der Waals surface area contributed by atoms with Gasteiger partial charge in [0, 0.05) is 42.6 Å². The second kappa shape index (κ2) is 12.2. The molecule has 52 heavy (non-hydrogen) atoms. The van der Waals surface area contributed by atoms with Crippen molar-refractivity contribution in [2.24, 2.45) is 0 Å². The van der Waals surface area contributed by atoms with Gasteiger partial charge in [0.25, 0.3) is 0 Å². The van der Waals surface area contributed by atoms with Crippen molar-refractivity contribution < 1.29 is 35.6 Å². The van der Waals surface area contributed by atoms with E-state index in [-0.39, 0.29) is 64.9 Å². The highest BCUT2D eigenvalue weighted by Crippen LogP contribution is 2.55. The van der Waals surface area contributed by atoms with Crippen molar-refractivity contribution in [2.45, 2.75) is 12.3 Å². The molecule has 0 atom stereocenters. The number of rotatable bonds is 6. The fourth-order valence-corrected chi connectivity index (χ4v) is 7.76. The van der Waals surface area contributed by atoms with Gasteiger partial charge in [-0.05, 0) is 99.4 Å². The van der Waals surface area contributed by atoms with Crippen molar-refractivity contribution in [3.63, 3.8) is 0 Å². The smallest absolute Gasteiger partial charge is 0.0652 e. The van der Waals surface area contributed by atoms with Crippen LogP contribution in [0.5, 0.6) is 0 Å². The number of anilines is 3. The minimum atomic E-state index is -2.07. The van der Waals surface area contributed by atoms with E-state index in [0.717, 1.165) is 46.6 Å². The largest absolute Gasteiger partial charge is 0.310 e. The van der Waals surface area contributed by atoms with Crippen LogP contribution in [0, 0.1) is 0 Å². The van der Waals surface area contributed by atoms with Gasteiger partial charge in [-0.15, -0.1) is 11.3 Å². The first-order chi connectivity index (χ1) is 36.4. The predicted octanol–water partition coefficient (Wildman–Crippen LogP) is 14.2. The molecule has 1 nitrogen and oxygen atoms in total. The molecule has 0 fully saturated rings. The van der Waals surface area contributed by atoms with E-state index >= 15 is 0 Å². The second-order valence-electron chi connectivity index (χ2n) is 11.8. The van der Waals surface area contributed by atoms with Gasteiger partial charge in [0.1, 0.15) is 0 Å². The third-order valence-corrected chi connectivity index (χ3v) is 10.1. The maximum atomic E-state index is 10.1. The summed E-state index contributed by atoms with van der Waals surface area (Å²) in [7, 11) is 0. The van der Waals surface area contributed by atoms with Crippen LogP contribution in [0.15, 0.2) is 194 Å². The number of hydrogen-bond acceptors (Lipinski definition) is 2. The Bertz CT molecular complexity index is 4090. The second-order valence-corrected chi connectivity index (χ2v) is 12.9. The molecule has 0 aliphatic heterocycles. The van der Waals surface area contributed by atoms with Crippen molar-refractivity contribution in [1.29, 1.82) is 0 Å². The summed E-state index contributed by atoms with van der Waals surface area (Å²) in [6, 6.07) is -10.0. The molecule has 0 N–H and O–H groups in total. The average molecular weight is 708 g/mol. The minimum Gasteiger partial charge on any atom is -0.310 e. The molecule has 10 rings (SSSR count). The van der Waals surface area contributed by atoms with E-state index < -0.39 is 185 Å². The molecule has 1 aliphatic rings. The monoisotopic (exact) mass is 707 g/mol. The summed E-state index contributed by atoms with van der Waals surface area (Å²) in [5.74, 6) is 0. The van der Waals surface area contributed by atoms with E-state index in [1.54, 1.807) is 0 Å². The van der Waals surface area contributed by atoms with Crippen LogP contribution >= 0.6 is 11.3 Å². The Hall–Kier alpha value is -6.22. The zero-order chi connectivity index (χ0) is 57.3. The Balaban J connectivity index is 1.32. The molecule has 2 heteroatoms. The highest BCUT2D eigenvalue weighted by atomic mass is 32.1. The van der Waals surface area contributed by atoms with E-state index in [1.807, 2.05) is 0 Å². The number of thiophene rings is 1. The number of nitrogens with zero attached hydrogens (tertiary/aromatic N) is 1. The first-order valence-corrected chi connectivity index (χ1v) is 16.6. The third-order valence-electron chi connectivity index (χ3n) is 8.98. The maximum Gasteiger partial charge on any atom is 0.0652 e. The molecule has 1 aromatic heterocycles. The molecule has 1 aliphatic carbocycles. The summed E-state index contributed by atoms with van der Waals surface area (Å²) in [5, 5.41) is -0.167. The Labute approximate surface area is 345 Å². The van der Waals surface area contributed by atoms with Gasteiger partial charge in [-0.1, -0.05) is 151 Å². The van der Waals surface area contributed by atoms with Gasteiger partial charge in [-0.25, -0.2) is 0 Å². The van der Waals surface area contributed by atoms with E-state index in [9.17, 15) is 15.1 Å². The lowest BCUT2D eigenvalue weighted by molar-refractivity contribution is 0.722. The SMILES string of the molecule is [2H]c1cc([2H])c([2H])c(-c2c([2H])cc(N(c3cc([2H])c(-c4c([2H])c([2H])c([2H])c([2H])c4[2H])c([2H])c3)c3c([2H])c([2H])c4sc5c(C6(C)c7c([2H])c([2H])c([2H])c([2H])c7-c7c([2H])c([2H])c([2H])c([2H])c76)c([2H])c([2H])cc5c4c3[2H])cc2[2H])c1[2H]. The molecule has 0 amide bonds. The molecular weight excluding hydrogens is 647 g/mol. The van der Waals surface area contributed by atoms with Gasteiger partial charge in [0.2, 0.25) is 0 Å². The van der Waals surface area contributed by atoms with Crippen LogP contribution in [-0.4, -0.2) is 0 Å². The van der Waals surface area contributed by atoms with Crippen LogP contribution < -0.4 is 4.90 Å². The Morgan fingerprint density at radius 1 is 0.462 bits per heavy atom. The van der Waals surface area contributed by atoms with Crippen molar-refractivity contribution in [3.8, 4) is 33.4 Å². The zero-order valence-corrected chi connectivity index (χ0v) is 27.6. The van der Waals surface area contributed by atoms with Crippen LogP contribution in [0.25, 0.3) is 53.6 Å². The maximum absolute atomic E-state index is 10.1. The van der Waals surface area contributed by atoms with Gasteiger partial charge < -0.3 is 4.90 Å². The molecule has 9 aromatic rings. The highest BCUT2D eigenvalue weighted by Gasteiger charge is 2.41. The zero-order valence-electron chi connectivity index (χ0n) is 52.8. The standard InChI is InChI=1S/C50H35NS/c1-50(45-20-10-8-17-41(45)42-18-9-11-21-46(42)50)47-22-12-19-43-44-33-40(31-32-48(44)52-49(43)47)51(38-27-23-36(24-28-38)34-13-4-2-5-14-34)39-29-25-37(26-30-39)35-15-6-3-7-16-35/h2-33H,1H3/i2D,4D,5D,6D,7D,8D,9D,10D,11D,12D,13D,14D,15D,16D,17D,18D,20D,21D,22D,23D,24D,25D,26D,31D,32D,33D. The molecule has 8 aromatic carbocycles. The summed E-state index contributed by atoms with van der Waals surface area (Å²) >= 11 is 0.768. The van der Waals surface area contributed by atoms with Gasteiger partial charge in [-0.2, -0.15) is 0 Å². The van der Waals surface area contributed by atoms with Gasteiger partial charge in [-0.3, -0.25) is 0 Å². The molecule has 0 saturated heterocycles. The predicted molar refractivity (Wildman–Crippen MR) is 222 cm³/mol. The van der Waals surface area contributed by atoms with Crippen LogP contribution in [0.1, 0.15) is 59.3 Å². The summed E-state index contributed by atoms with van der Waals surface area (Å²) < 4.78 is 232. The lowest BCUT2D eigenvalue weighted by atomic mass is 9.74. The van der Waals surface area contributed by atoms with Crippen molar-refractivity contribution in [2.75, 3.05) is 4.90 Å². The molecule has 0 saturated carbocycles. The summed E-state index contributed by atoms with van der Waals surface area (Å²) in [5.41, 5.74) is -5.92. The normalized spacial score (nSPS) is 19.9. The molecule has 0 radical (unpaired) electrons. The lowest BCUT2D eigenvalue weighted by Crippen LogP contribution is -2.22. The van der Waals surface area contributed by atoms with Gasteiger partial charge >= 0.3 is 0 Å². The van der Waals surface area contributed by atoms with Crippen LogP contribution in [0.2, 0.25) is 0 Å². The van der Waals surface area contributed by atoms with Gasteiger partial charge in [0.05, 0.1) is 35.6 Å². The van der Waals surface area contributed by atoms with E-state index in [4.69, 9.17) is 20.6 Å². The van der Waals surface area contributed by atoms with E-state index in [1.165, 1.54) is 13.0 Å². The molecular formula is C50H35NS. The average Bonchev–Trinajstić information content (AvgIpc) is 4.08. The van der Waals surface area contributed by atoms with Crippen molar-refractivity contribution in [1.82, 2.24) is 0 Å². The fraction of sp³-hybridized carbons (Fsp3) is 0.0400. The number of fused-ring (bicyclic) bond motifs is 6. The van der Waals surface area contributed by atoms with Crippen LogP contribution in [0.4, 0.5) is 17.1 Å². The first-order valence-electron chi connectivity index (χ1n) is 28.8. The van der Waals surface area contributed by atoms with E-state index in [2.05, 4.69) is 0 Å².